The average molecular weight is 524 g/mol. The van der Waals surface area contributed by atoms with Crippen LogP contribution in [-0.4, -0.2) is 49.7 Å². The van der Waals surface area contributed by atoms with E-state index in [9.17, 15) is 13.2 Å². The van der Waals surface area contributed by atoms with Crippen LogP contribution in [0.25, 0.3) is 11.1 Å². The summed E-state index contributed by atoms with van der Waals surface area (Å²) in [5.41, 5.74) is 5.41. The number of carboxylic acids is 1. The van der Waals surface area contributed by atoms with Crippen LogP contribution in [0.4, 0.5) is 0 Å². The van der Waals surface area contributed by atoms with Crippen molar-refractivity contribution in [3.63, 3.8) is 0 Å². The van der Waals surface area contributed by atoms with Crippen molar-refractivity contribution in [1.29, 1.82) is 0 Å². The number of ether oxygens (including phenoxy) is 3. The van der Waals surface area contributed by atoms with Gasteiger partial charge in [-0.1, -0.05) is 30.3 Å². The van der Waals surface area contributed by atoms with Crippen LogP contribution in [0.15, 0.2) is 54.7 Å². The van der Waals surface area contributed by atoms with Crippen molar-refractivity contribution in [2.75, 3.05) is 25.2 Å². The highest BCUT2D eigenvalue weighted by molar-refractivity contribution is 7.90. The highest BCUT2D eigenvalue weighted by Crippen LogP contribution is 2.42. The standard InChI is InChI=1S/C28H29NO7S/c1-37(32,33)13-3-12-34-20-8-6-18(7-9-20)21-4-2-5-23-22(21)10-11-25(23)36-27-15-26-24(16-29-27)19(17-35-26)14-28(30)31/h2,4-9,15-16,19,25H,3,10-14,17H2,1H3,(H,30,31). The van der Waals surface area contributed by atoms with Crippen LogP contribution in [-0.2, 0) is 21.1 Å². The maximum absolute atomic E-state index is 11.3. The molecular formula is C28H29NO7S. The van der Waals surface area contributed by atoms with Gasteiger partial charge in [-0.2, -0.15) is 0 Å². The predicted octanol–water partition coefficient (Wildman–Crippen LogP) is 4.58. The van der Waals surface area contributed by atoms with Gasteiger partial charge in [0.25, 0.3) is 0 Å². The van der Waals surface area contributed by atoms with Gasteiger partial charge in [-0.3, -0.25) is 4.79 Å². The van der Waals surface area contributed by atoms with Crippen LogP contribution in [0.2, 0.25) is 0 Å². The smallest absolute Gasteiger partial charge is 0.304 e. The number of nitrogens with zero attached hydrogens (tertiary/aromatic N) is 1. The SMILES string of the molecule is CS(=O)(=O)CCCOc1ccc(-c2cccc3c2CCC3Oc2cc3c(cn2)C(CC(=O)O)CO3)cc1. The highest BCUT2D eigenvalue weighted by atomic mass is 32.2. The van der Waals surface area contributed by atoms with Crippen molar-refractivity contribution >= 4 is 15.8 Å². The van der Waals surface area contributed by atoms with Gasteiger partial charge in [0, 0.05) is 30.0 Å². The molecule has 194 valence electrons. The largest absolute Gasteiger partial charge is 0.494 e. The molecule has 3 aromatic rings. The molecule has 37 heavy (non-hydrogen) atoms. The molecule has 2 heterocycles. The fourth-order valence-electron chi connectivity index (χ4n) is 4.98. The normalized spacial score (nSPS) is 18.1. The zero-order valence-corrected chi connectivity index (χ0v) is 21.4. The van der Waals surface area contributed by atoms with Gasteiger partial charge < -0.3 is 19.3 Å². The monoisotopic (exact) mass is 523 g/mol. The first-order chi connectivity index (χ1) is 17.8. The summed E-state index contributed by atoms with van der Waals surface area (Å²) in [6.45, 7) is 0.695. The van der Waals surface area contributed by atoms with E-state index in [1.807, 2.05) is 30.3 Å². The molecule has 8 nitrogen and oxygen atoms in total. The van der Waals surface area contributed by atoms with Crippen molar-refractivity contribution < 1.29 is 32.5 Å². The van der Waals surface area contributed by atoms with Crippen LogP contribution in [0, 0.1) is 0 Å². The van der Waals surface area contributed by atoms with Gasteiger partial charge in [-0.25, -0.2) is 13.4 Å². The molecule has 9 heteroatoms. The number of aromatic nitrogens is 1. The number of carboxylic acid groups (broad SMARTS) is 1. The molecule has 0 saturated carbocycles. The third-order valence-electron chi connectivity index (χ3n) is 6.74. The van der Waals surface area contributed by atoms with Crippen LogP contribution in [0.5, 0.6) is 17.4 Å². The zero-order valence-electron chi connectivity index (χ0n) is 20.6. The Hall–Kier alpha value is -3.59. The summed E-state index contributed by atoms with van der Waals surface area (Å²) in [5, 5.41) is 9.10. The van der Waals surface area contributed by atoms with Gasteiger partial charge in [0.2, 0.25) is 5.88 Å². The molecule has 2 atom stereocenters. The van der Waals surface area contributed by atoms with Gasteiger partial charge >= 0.3 is 5.97 Å². The summed E-state index contributed by atoms with van der Waals surface area (Å²) in [4.78, 5) is 15.5. The Morgan fingerprint density at radius 1 is 1.16 bits per heavy atom. The van der Waals surface area contributed by atoms with E-state index in [-0.39, 0.29) is 24.2 Å². The Balaban J connectivity index is 1.26. The van der Waals surface area contributed by atoms with Gasteiger partial charge in [-0.05, 0) is 53.6 Å². The lowest BCUT2D eigenvalue weighted by molar-refractivity contribution is -0.137. The Kier molecular flexibility index (Phi) is 7.06. The van der Waals surface area contributed by atoms with E-state index in [1.165, 1.54) is 11.8 Å². The molecule has 2 aromatic carbocycles. The van der Waals surface area contributed by atoms with E-state index in [0.717, 1.165) is 35.1 Å². The number of carbonyl (C=O) groups is 1. The lowest BCUT2D eigenvalue weighted by Gasteiger charge is -2.16. The van der Waals surface area contributed by atoms with Gasteiger partial charge in [-0.15, -0.1) is 0 Å². The van der Waals surface area contributed by atoms with Crippen molar-refractivity contribution in [2.24, 2.45) is 0 Å². The summed E-state index contributed by atoms with van der Waals surface area (Å²) < 4.78 is 40.2. The highest BCUT2D eigenvalue weighted by Gasteiger charge is 2.30. The minimum absolute atomic E-state index is 0.0178. The summed E-state index contributed by atoms with van der Waals surface area (Å²) in [6.07, 6.45) is 4.95. The average Bonchev–Trinajstić information content (AvgIpc) is 3.45. The molecule has 0 radical (unpaired) electrons. The van der Waals surface area contributed by atoms with Crippen LogP contribution >= 0.6 is 0 Å². The van der Waals surface area contributed by atoms with Gasteiger partial charge in [0.05, 0.1) is 25.4 Å². The van der Waals surface area contributed by atoms with Gasteiger partial charge in [0.15, 0.2) is 0 Å². The fourth-order valence-corrected chi connectivity index (χ4v) is 5.62. The van der Waals surface area contributed by atoms with Crippen molar-refractivity contribution in [2.45, 2.75) is 37.7 Å². The fraction of sp³-hybridized carbons (Fsp3) is 0.357. The topological polar surface area (TPSA) is 112 Å². The molecular weight excluding hydrogens is 494 g/mol. The Labute approximate surface area is 216 Å². The molecule has 2 unspecified atom stereocenters. The molecule has 1 aliphatic heterocycles. The maximum atomic E-state index is 11.3. The summed E-state index contributed by atoms with van der Waals surface area (Å²) in [5.74, 6) is 0.891. The van der Waals surface area contributed by atoms with Crippen LogP contribution < -0.4 is 14.2 Å². The molecule has 0 bridgehead atoms. The Morgan fingerprint density at radius 2 is 1.97 bits per heavy atom. The predicted molar refractivity (Wildman–Crippen MR) is 138 cm³/mol. The van der Waals surface area contributed by atoms with Gasteiger partial charge in [0.1, 0.15) is 27.4 Å². The second-order valence-electron chi connectivity index (χ2n) is 9.54. The van der Waals surface area contributed by atoms with Crippen molar-refractivity contribution in [1.82, 2.24) is 4.98 Å². The first-order valence-corrected chi connectivity index (χ1v) is 14.4. The third-order valence-corrected chi connectivity index (χ3v) is 7.77. The van der Waals surface area contributed by atoms with E-state index >= 15 is 0 Å². The summed E-state index contributed by atoms with van der Waals surface area (Å²) >= 11 is 0. The Bertz CT molecular complexity index is 1400. The third kappa shape index (κ3) is 5.88. The van der Waals surface area contributed by atoms with E-state index in [0.29, 0.717) is 37.0 Å². The maximum Gasteiger partial charge on any atom is 0.304 e. The van der Waals surface area contributed by atoms with Crippen molar-refractivity contribution in [3.05, 3.63) is 71.4 Å². The first kappa shape index (κ1) is 25.1. The molecule has 1 aromatic heterocycles. The minimum atomic E-state index is -2.98. The number of hydrogen-bond acceptors (Lipinski definition) is 7. The number of pyridine rings is 1. The molecule has 0 amide bonds. The number of aliphatic carboxylic acids is 1. The second-order valence-corrected chi connectivity index (χ2v) is 11.8. The zero-order chi connectivity index (χ0) is 26.0. The lowest BCUT2D eigenvalue weighted by atomic mass is 9.96. The molecule has 5 rings (SSSR count). The van der Waals surface area contributed by atoms with Crippen molar-refractivity contribution in [3.8, 4) is 28.5 Å². The van der Waals surface area contributed by atoms with E-state index < -0.39 is 15.8 Å². The lowest BCUT2D eigenvalue weighted by Crippen LogP contribution is -2.07. The first-order valence-electron chi connectivity index (χ1n) is 12.3. The number of sulfone groups is 1. The number of benzene rings is 2. The summed E-state index contributed by atoms with van der Waals surface area (Å²) in [7, 11) is -2.98. The molecule has 1 N–H and O–H groups in total. The number of hydrogen-bond donors (Lipinski definition) is 1. The van der Waals surface area contributed by atoms with E-state index in [1.54, 1.807) is 12.3 Å². The van der Waals surface area contributed by atoms with Crippen LogP contribution in [0.3, 0.4) is 0 Å². The quantitative estimate of drug-likeness (QED) is 0.385. The minimum Gasteiger partial charge on any atom is -0.494 e. The number of fused-ring (bicyclic) bond motifs is 2. The van der Waals surface area contributed by atoms with Crippen LogP contribution in [0.1, 0.15) is 48.0 Å². The molecule has 0 spiro atoms. The molecule has 1 aliphatic carbocycles. The molecule has 2 aliphatic rings. The van der Waals surface area contributed by atoms with E-state index in [2.05, 4.69) is 17.1 Å². The Morgan fingerprint density at radius 3 is 2.73 bits per heavy atom. The van der Waals surface area contributed by atoms with E-state index in [4.69, 9.17) is 19.3 Å². The molecule has 0 saturated heterocycles. The summed E-state index contributed by atoms with van der Waals surface area (Å²) in [6, 6.07) is 15.8. The number of rotatable bonds is 10. The second kappa shape index (κ2) is 10.4. The molecule has 0 fully saturated rings.